The standard InChI is InChI=1S/C35H38N2O9/c1-5-23(2)45-30(38)22-42-32(39)31(37-33(40)43-20-24-12-8-6-9-13-24)35(3,4)28-19-36-29-17-16-26(18-27(28)29)46-34(41)44-21-25-14-10-7-11-15-25/h6-19,23,31,36H,5,20-22H2,1-4H3,(H,37,40). The van der Waals surface area contributed by atoms with Crippen molar-refractivity contribution >= 4 is 35.1 Å². The van der Waals surface area contributed by atoms with Crippen LogP contribution in [0.1, 0.15) is 50.8 Å². The maximum absolute atomic E-state index is 13.5. The quantitative estimate of drug-likeness (QED) is 0.0983. The molecule has 0 spiro atoms. The number of amides is 1. The largest absolute Gasteiger partial charge is 0.514 e. The molecule has 0 aliphatic rings. The van der Waals surface area contributed by atoms with Crippen molar-refractivity contribution in [2.75, 3.05) is 6.61 Å². The molecule has 242 valence electrons. The van der Waals surface area contributed by atoms with Gasteiger partial charge in [-0.25, -0.2) is 19.2 Å². The van der Waals surface area contributed by atoms with Crippen LogP contribution in [0.4, 0.5) is 9.59 Å². The minimum atomic E-state index is -1.30. The fraction of sp³-hybridized carbons (Fsp3) is 0.314. The van der Waals surface area contributed by atoms with E-state index in [-0.39, 0.29) is 25.1 Å². The van der Waals surface area contributed by atoms with Gasteiger partial charge in [0.15, 0.2) is 6.61 Å². The second-order valence-electron chi connectivity index (χ2n) is 11.2. The van der Waals surface area contributed by atoms with Crippen LogP contribution >= 0.6 is 0 Å². The smallest absolute Gasteiger partial charge is 0.460 e. The van der Waals surface area contributed by atoms with Crippen molar-refractivity contribution in [2.24, 2.45) is 0 Å². The van der Waals surface area contributed by atoms with Gasteiger partial charge in [-0.05, 0) is 48.2 Å². The third-order valence-corrected chi connectivity index (χ3v) is 7.42. The zero-order chi connectivity index (χ0) is 33.1. The first-order valence-electron chi connectivity index (χ1n) is 14.9. The number of alkyl carbamates (subject to hydrolysis) is 1. The maximum atomic E-state index is 13.5. The van der Waals surface area contributed by atoms with E-state index in [0.29, 0.717) is 22.9 Å². The lowest BCUT2D eigenvalue weighted by atomic mass is 9.77. The number of fused-ring (bicyclic) bond motifs is 1. The fourth-order valence-electron chi connectivity index (χ4n) is 4.67. The molecule has 0 radical (unpaired) electrons. The first kappa shape index (κ1) is 33.6. The van der Waals surface area contributed by atoms with Gasteiger partial charge in [-0.3, -0.25) is 0 Å². The highest BCUT2D eigenvalue weighted by atomic mass is 16.7. The van der Waals surface area contributed by atoms with Crippen LogP contribution in [-0.2, 0) is 47.2 Å². The van der Waals surface area contributed by atoms with Crippen LogP contribution in [0.3, 0.4) is 0 Å². The van der Waals surface area contributed by atoms with Crippen LogP contribution in [0.2, 0.25) is 0 Å². The maximum Gasteiger partial charge on any atom is 0.514 e. The highest BCUT2D eigenvalue weighted by molar-refractivity contribution is 5.90. The van der Waals surface area contributed by atoms with Crippen molar-refractivity contribution < 1.29 is 42.9 Å². The number of nitrogens with one attached hydrogen (secondary N) is 2. The van der Waals surface area contributed by atoms with E-state index in [9.17, 15) is 19.2 Å². The average molecular weight is 631 g/mol. The van der Waals surface area contributed by atoms with Gasteiger partial charge >= 0.3 is 24.2 Å². The number of benzene rings is 3. The summed E-state index contributed by atoms with van der Waals surface area (Å²) in [4.78, 5) is 54.3. The molecule has 2 unspecified atom stereocenters. The Morgan fingerprint density at radius 3 is 2.11 bits per heavy atom. The molecular weight excluding hydrogens is 592 g/mol. The third-order valence-electron chi connectivity index (χ3n) is 7.42. The number of carbonyl (C=O) groups is 4. The SMILES string of the molecule is CCC(C)OC(=O)COC(=O)C(NC(=O)OCc1ccccc1)C(C)(C)c1c[nH]c2ccc(OC(=O)OCc3ccccc3)cc12. The first-order chi connectivity index (χ1) is 22.1. The second kappa shape index (κ2) is 15.6. The van der Waals surface area contributed by atoms with Crippen LogP contribution in [0.15, 0.2) is 85.1 Å². The summed E-state index contributed by atoms with van der Waals surface area (Å²) >= 11 is 0. The van der Waals surface area contributed by atoms with Crippen molar-refractivity contribution in [3.63, 3.8) is 0 Å². The summed E-state index contributed by atoms with van der Waals surface area (Å²) in [5.41, 5.74) is 1.72. The van der Waals surface area contributed by atoms with Crippen LogP contribution < -0.4 is 10.1 Å². The Bertz CT molecular complexity index is 1630. The molecule has 2 N–H and O–H groups in total. The van der Waals surface area contributed by atoms with Crippen molar-refractivity contribution in [1.82, 2.24) is 10.3 Å². The number of hydrogen-bond acceptors (Lipinski definition) is 9. The van der Waals surface area contributed by atoms with Gasteiger partial charge in [-0.2, -0.15) is 0 Å². The predicted octanol–water partition coefficient (Wildman–Crippen LogP) is 6.34. The normalized spacial score (nSPS) is 12.4. The van der Waals surface area contributed by atoms with Gasteiger partial charge in [0.1, 0.15) is 25.0 Å². The first-order valence-corrected chi connectivity index (χ1v) is 14.9. The number of aromatic nitrogens is 1. The van der Waals surface area contributed by atoms with Crippen molar-refractivity contribution in [2.45, 2.75) is 64.9 Å². The monoisotopic (exact) mass is 630 g/mol. The third kappa shape index (κ3) is 9.10. The lowest BCUT2D eigenvalue weighted by Gasteiger charge is -2.33. The molecule has 0 bridgehead atoms. The van der Waals surface area contributed by atoms with E-state index in [2.05, 4.69) is 10.3 Å². The summed E-state index contributed by atoms with van der Waals surface area (Å²) < 4.78 is 26.6. The summed E-state index contributed by atoms with van der Waals surface area (Å²) in [7, 11) is 0. The summed E-state index contributed by atoms with van der Waals surface area (Å²) in [5.74, 6) is -1.36. The number of hydrogen-bond donors (Lipinski definition) is 2. The molecule has 1 heterocycles. The van der Waals surface area contributed by atoms with Gasteiger partial charge in [0, 0.05) is 22.5 Å². The number of H-pyrrole nitrogens is 1. The zero-order valence-electron chi connectivity index (χ0n) is 26.2. The van der Waals surface area contributed by atoms with E-state index in [1.54, 1.807) is 57.3 Å². The summed E-state index contributed by atoms with van der Waals surface area (Å²) in [6.07, 6.45) is 0.208. The van der Waals surface area contributed by atoms with Crippen LogP contribution in [0.25, 0.3) is 10.9 Å². The van der Waals surface area contributed by atoms with E-state index < -0.39 is 42.3 Å². The topological polar surface area (TPSA) is 142 Å². The van der Waals surface area contributed by atoms with Gasteiger partial charge in [0.05, 0.1) is 6.10 Å². The molecule has 1 amide bonds. The molecular formula is C35H38N2O9. The van der Waals surface area contributed by atoms with Gasteiger partial charge in [0.25, 0.3) is 0 Å². The van der Waals surface area contributed by atoms with E-state index >= 15 is 0 Å². The highest BCUT2D eigenvalue weighted by Gasteiger charge is 2.41. The molecule has 4 rings (SSSR count). The number of esters is 2. The second-order valence-corrected chi connectivity index (χ2v) is 11.2. The predicted molar refractivity (Wildman–Crippen MR) is 169 cm³/mol. The van der Waals surface area contributed by atoms with E-state index in [4.69, 9.17) is 23.7 Å². The highest BCUT2D eigenvalue weighted by Crippen LogP contribution is 2.35. The summed E-state index contributed by atoms with van der Waals surface area (Å²) in [5, 5.41) is 3.25. The number of carbonyl (C=O) groups excluding carboxylic acids is 4. The molecule has 0 fully saturated rings. The Labute approximate surface area is 267 Å². The summed E-state index contributed by atoms with van der Waals surface area (Å²) in [6, 6.07) is 21.9. The number of ether oxygens (including phenoxy) is 5. The molecule has 0 saturated carbocycles. The van der Waals surface area contributed by atoms with Crippen LogP contribution in [0.5, 0.6) is 5.75 Å². The molecule has 11 heteroatoms. The average Bonchev–Trinajstić information content (AvgIpc) is 3.49. The van der Waals surface area contributed by atoms with Crippen LogP contribution in [-0.4, -0.2) is 47.9 Å². The Kier molecular flexibility index (Phi) is 11.4. The van der Waals surface area contributed by atoms with E-state index in [0.717, 1.165) is 11.1 Å². The lowest BCUT2D eigenvalue weighted by Crippen LogP contribution is -2.53. The number of aromatic amines is 1. The minimum Gasteiger partial charge on any atom is -0.460 e. The van der Waals surface area contributed by atoms with Crippen molar-refractivity contribution in [1.29, 1.82) is 0 Å². The van der Waals surface area contributed by atoms with Gasteiger partial charge in [-0.15, -0.1) is 0 Å². The van der Waals surface area contributed by atoms with Crippen molar-refractivity contribution in [3.05, 3.63) is 102 Å². The van der Waals surface area contributed by atoms with Crippen LogP contribution in [0, 0.1) is 0 Å². The Morgan fingerprint density at radius 2 is 1.48 bits per heavy atom. The molecule has 4 aromatic rings. The van der Waals surface area contributed by atoms with Gasteiger partial charge < -0.3 is 34.0 Å². The Morgan fingerprint density at radius 1 is 0.848 bits per heavy atom. The molecule has 3 aromatic carbocycles. The van der Waals surface area contributed by atoms with E-state index in [1.165, 1.54) is 0 Å². The Balaban J connectivity index is 1.53. The van der Waals surface area contributed by atoms with Gasteiger partial charge in [-0.1, -0.05) is 81.4 Å². The molecule has 46 heavy (non-hydrogen) atoms. The lowest BCUT2D eigenvalue weighted by molar-refractivity contribution is -0.163. The van der Waals surface area contributed by atoms with Crippen molar-refractivity contribution in [3.8, 4) is 5.75 Å². The molecule has 1 aromatic heterocycles. The number of rotatable bonds is 13. The molecule has 2 atom stereocenters. The van der Waals surface area contributed by atoms with Gasteiger partial charge in [0.2, 0.25) is 0 Å². The zero-order valence-corrected chi connectivity index (χ0v) is 26.2. The molecule has 0 saturated heterocycles. The fourth-order valence-corrected chi connectivity index (χ4v) is 4.67. The molecule has 0 aliphatic carbocycles. The molecule has 0 aliphatic heterocycles. The molecule has 11 nitrogen and oxygen atoms in total. The summed E-state index contributed by atoms with van der Waals surface area (Å²) in [6.45, 7) is 6.45. The van der Waals surface area contributed by atoms with E-state index in [1.807, 2.05) is 55.5 Å². The Hall–Kier alpha value is -5.32. The minimum absolute atomic E-state index is 0.0236.